The molecule has 0 bridgehead atoms. The van der Waals surface area contributed by atoms with Crippen molar-refractivity contribution in [1.29, 1.82) is 0 Å². The molecular weight excluding hydrogens is 350 g/mol. The largest absolute Gasteiger partial charge is 0.496 e. The number of nitrogens with zero attached hydrogens (tertiary/aromatic N) is 1. The summed E-state index contributed by atoms with van der Waals surface area (Å²) in [6.07, 6.45) is 4.18. The van der Waals surface area contributed by atoms with Crippen LogP contribution in [0, 0.1) is 0 Å². The topological polar surface area (TPSA) is 41.9 Å². The van der Waals surface area contributed by atoms with Gasteiger partial charge in [0.05, 0.1) is 13.2 Å². The Morgan fingerprint density at radius 2 is 1.96 bits per heavy atom. The zero-order chi connectivity index (χ0) is 18.4. The molecule has 2 aromatic carbocycles. The highest BCUT2D eigenvalue weighted by Crippen LogP contribution is 2.22. The van der Waals surface area contributed by atoms with E-state index in [4.69, 9.17) is 21.1 Å². The van der Waals surface area contributed by atoms with Crippen LogP contribution in [-0.4, -0.2) is 49.0 Å². The molecule has 0 radical (unpaired) electrons. The smallest absolute Gasteiger partial charge is 0.137 e. The number of methoxy groups -OCH3 is 1. The molecule has 1 aliphatic heterocycles. The monoisotopic (exact) mass is 373 g/mol. The fourth-order valence-electron chi connectivity index (χ4n) is 3.07. The van der Waals surface area contributed by atoms with Gasteiger partial charge >= 0.3 is 0 Å². The molecule has 1 aliphatic rings. The number of para-hydroxylation sites is 1. The minimum Gasteiger partial charge on any atom is -0.496 e. The average Bonchev–Trinajstić information content (AvgIpc) is 2.66. The lowest BCUT2D eigenvalue weighted by Gasteiger charge is -2.35. The van der Waals surface area contributed by atoms with Crippen LogP contribution < -0.4 is 9.47 Å². The lowest BCUT2D eigenvalue weighted by Crippen LogP contribution is -2.49. The van der Waals surface area contributed by atoms with Crippen LogP contribution in [0.2, 0.25) is 5.02 Å². The third-order valence-electron chi connectivity index (χ3n) is 4.51. The molecule has 2 atom stereocenters. The molecule has 1 fully saturated rings. The molecule has 0 aliphatic carbocycles. The summed E-state index contributed by atoms with van der Waals surface area (Å²) in [4.78, 5) is 2.28. The molecule has 0 spiro atoms. The van der Waals surface area contributed by atoms with Crippen molar-refractivity contribution in [2.24, 2.45) is 0 Å². The number of piperidine rings is 1. The minimum absolute atomic E-state index is 0.246. The first-order valence-electron chi connectivity index (χ1n) is 8.78. The van der Waals surface area contributed by atoms with Gasteiger partial charge in [-0.15, -0.1) is 0 Å². The van der Waals surface area contributed by atoms with E-state index in [-0.39, 0.29) is 6.10 Å². The van der Waals surface area contributed by atoms with Crippen molar-refractivity contribution in [3.8, 4) is 11.5 Å². The maximum absolute atomic E-state index is 10.3. The van der Waals surface area contributed by atoms with Gasteiger partial charge in [0.25, 0.3) is 0 Å². The zero-order valence-corrected chi connectivity index (χ0v) is 15.6. The Balaban J connectivity index is 1.57. The molecule has 3 rings (SSSR count). The Bertz CT molecular complexity index is 732. The van der Waals surface area contributed by atoms with Crippen molar-refractivity contribution in [2.75, 3.05) is 26.7 Å². The fraction of sp³-hybridized carbons (Fsp3) is 0.333. The van der Waals surface area contributed by atoms with E-state index in [1.807, 2.05) is 36.4 Å². The zero-order valence-electron chi connectivity index (χ0n) is 14.8. The Hall–Kier alpha value is -2.01. The molecule has 26 heavy (non-hydrogen) atoms. The lowest BCUT2D eigenvalue weighted by molar-refractivity contribution is -0.0214. The van der Waals surface area contributed by atoms with Crippen LogP contribution in [0.15, 0.2) is 54.6 Å². The first-order chi connectivity index (χ1) is 12.7. The maximum Gasteiger partial charge on any atom is 0.137 e. The van der Waals surface area contributed by atoms with Crippen LogP contribution in [0.25, 0.3) is 6.08 Å². The van der Waals surface area contributed by atoms with E-state index in [9.17, 15) is 5.11 Å². The van der Waals surface area contributed by atoms with E-state index in [1.54, 1.807) is 19.2 Å². The molecule has 0 amide bonds. The Morgan fingerprint density at radius 1 is 1.19 bits per heavy atom. The third kappa shape index (κ3) is 5.01. The van der Waals surface area contributed by atoms with Crippen LogP contribution in [0.4, 0.5) is 0 Å². The van der Waals surface area contributed by atoms with Crippen molar-refractivity contribution in [1.82, 2.24) is 4.90 Å². The highest BCUT2D eigenvalue weighted by Gasteiger charge is 2.28. The Kier molecular flexibility index (Phi) is 6.56. The molecule has 4 nitrogen and oxygen atoms in total. The number of ether oxygens (including phenoxy) is 2. The van der Waals surface area contributed by atoms with Crippen LogP contribution in [0.3, 0.4) is 0 Å². The van der Waals surface area contributed by atoms with Crippen LogP contribution in [0.1, 0.15) is 12.0 Å². The molecule has 5 heteroatoms. The van der Waals surface area contributed by atoms with Gasteiger partial charge in [-0.25, -0.2) is 0 Å². The normalized spacial score (nSPS) is 21.0. The summed E-state index contributed by atoms with van der Waals surface area (Å²) in [6.45, 7) is 2.32. The molecule has 0 aromatic heterocycles. The highest BCUT2D eigenvalue weighted by molar-refractivity contribution is 6.30. The summed E-state index contributed by atoms with van der Waals surface area (Å²) in [7, 11) is 1.68. The SMILES string of the molecule is COc1ccccc1/C=C/CN1CC[C@@H](O)[C@H](Oc2ccc(Cl)cc2)C1. The van der Waals surface area contributed by atoms with Gasteiger partial charge in [-0.05, 0) is 36.8 Å². The summed E-state index contributed by atoms with van der Waals surface area (Å²) in [6, 6.07) is 15.2. The van der Waals surface area contributed by atoms with E-state index >= 15 is 0 Å². The number of halogens is 1. The number of hydrogen-bond acceptors (Lipinski definition) is 4. The summed E-state index contributed by atoms with van der Waals surface area (Å²) in [5.41, 5.74) is 1.06. The van der Waals surface area contributed by atoms with Gasteiger partial charge in [0.2, 0.25) is 0 Å². The summed E-state index contributed by atoms with van der Waals surface area (Å²) in [5, 5.41) is 10.9. The lowest BCUT2D eigenvalue weighted by atomic mass is 10.0. The van der Waals surface area contributed by atoms with Gasteiger partial charge in [-0.3, -0.25) is 4.90 Å². The number of likely N-dealkylation sites (tertiary alicyclic amines) is 1. The summed E-state index contributed by atoms with van der Waals surface area (Å²) < 4.78 is 11.3. The first kappa shape index (κ1) is 18.8. The number of aliphatic hydroxyl groups is 1. The van der Waals surface area contributed by atoms with Crippen LogP contribution in [-0.2, 0) is 0 Å². The summed E-state index contributed by atoms with van der Waals surface area (Å²) in [5.74, 6) is 1.59. The number of benzene rings is 2. The van der Waals surface area contributed by atoms with E-state index in [1.165, 1.54) is 0 Å². The quantitative estimate of drug-likeness (QED) is 0.834. The predicted molar refractivity (Wildman–Crippen MR) is 105 cm³/mol. The van der Waals surface area contributed by atoms with E-state index in [0.29, 0.717) is 18.0 Å². The second-order valence-electron chi connectivity index (χ2n) is 6.37. The van der Waals surface area contributed by atoms with Gasteiger partial charge in [0.15, 0.2) is 0 Å². The minimum atomic E-state index is -0.458. The first-order valence-corrected chi connectivity index (χ1v) is 9.15. The molecule has 0 unspecified atom stereocenters. The van der Waals surface area contributed by atoms with Gasteiger partial charge < -0.3 is 14.6 Å². The average molecular weight is 374 g/mol. The van der Waals surface area contributed by atoms with Crippen molar-refractivity contribution >= 4 is 17.7 Å². The fourth-order valence-corrected chi connectivity index (χ4v) is 3.20. The van der Waals surface area contributed by atoms with Gasteiger partial charge in [-0.1, -0.05) is 42.0 Å². The molecule has 1 N–H and O–H groups in total. The van der Waals surface area contributed by atoms with Crippen molar-refractivity contribution in [3.63, 3.8) is 0 Å². The second-order valence-corrected chi connectivity index (χ2v) is 6.81. The third-order valence-corrected chi connectivity index (χ3v) is 4.76. The molecule has 1 heterocycles. The van der Waals surface area contributed by atoms with Gasteiger partial charge in [0.1, 0.15) is 17.6 Å². The van der Waals surface area contributed by atoms with E-state index in [0.717, 1.165) is 30.2 Å². The van der Waals surface area contributed by atoms with Crippen molar-refractivity contribution in [2.45, 2.75) is 18.6 Å². The van der Waals surface area contributed by atoms with Crippen LogP contribution >= 0.6 is 11.6 Å². The predicted octanol–water partition coefficient (Wildman–Crippen LogP) is 3.88. The maximum atomic E-state index is 10.3. The second kappa shape index (κ2) is 9.08. The van der Waals surface area contributed by atoms with Gasteiger partial charge in [0, 0.05) is 30.2 Å². The highest BCUT2D eigenvalue weighted by atomic mass is 35.5. The van der Waals surface area contributed by atoms with Crippen LogP contribution in [0.5, 0.6) is 11.5 Å². The van der Waals surface area contributed by atoms with Gasteiger partial charge in [-0.2, -0.15) is 0 Å². The number of aliphatic hydroxyl groups excluding tert-OH is 1. The molecule has 138 valence electrons. The molecule has 0 saturated carbocycles. The molecule has 1 saturated heterocycles. The van der Waals surface area contributed by atoms with Crippen molar-refractivity contribution in [3.05, 3.63) is 65.2 Å². The standard InChI is InChI=1S/C21H24ClNO3/c1-25-20-7-3-2-5-16(20)6-4-13-23-14-12-19(24)21(15-23)26-18-10-8-17(22)9-11-18/h2-11,19,21,24H,12-15H2,1H3/b6-4+/t19-,21-/m1/s1. The van der Waals surface area contributed by atoms with E-state index in [2.05, 4.69) is 17.1 Å². The molecular formula is C21H24ClNO3. The Morgan fingerprint density at radius 3 is 2.73 bits per heavy atom. The van der Waals surface area contributed by atoms with Crippen molar-refractivity contribution < 1.29 is 14.6 Å². The number of hydrogen-bond donors (Lipinski definition) is 1. The van der Waals surface area contributed by atoms with E-state index < -0.39 is 6.10 Å². The Labute approximate surface area is 159 Å². The summed E-state index contributed by atoms with van der Waals surface area (Å²) >= 11 is 5.91. The molecule has 2 aromatic rings. The number of rotatable bonds is 6.